The van der Waals surface area contributed by atoms with Crippen LogP contribution in [0.4, 0.5) is 0 Å². The van der Waals surface area contributed by atoms with Gasteiger partial charge in [-0.15, -0.1) is 6.42 Å². The molecule has 3 nitrogen and oxygen atoms in total. The van der Waals surface area contributed by atoms with E-state index in [-0.39, 0.29) is 12.0 Å². The van der Waals surface area contributed by atoms with Gasteiger partial charge < -0.3 is 4.74 Å². The topological polar surface area (TPSA) is 29.5 Å². The summed E-state index contributed by atoms with van der Waals surface area (Å²) >= 11 is 0. The lowest BCUT2D eigenvalue weighted by molar-refractivity contribution is -0.159. The lowest BCUT2D eigenvalue weighted by atomic mass is 10.0. The molecule has 2 aromatic rings. The van der Waals surface area contributed by atoms with Crippen molar-refractivity contribution in [2.24, 2.45) is 0 Å². The highest BCUT2D eigenvalue weighted by Gasteiger charge is 2.36. The predicted octanol–water partition coefficient (Wildman–Crippen LogP) is 3.30. The number of cyclic esters (lactones) is 1. The zero-order valence-corrected chi connectivity index (χ0v) is 13.3. The first-order chi connectivity index (χ1) is 11.8. The molecule has 120 valence electrons. The molecule has 3 heteroatoms. The number of hydrogen-bond donors (Lipinski definition) is 0. The minimum atomic E-state index is -0.486. The number of benzene rings is 2. The second kappa shape index (κ2) is 7.63. The monoisotopic (exact) mass is 317 g/mol. The molecule has 2 atom stereocenters. The SMILES string of the molecule is C#CCN1[C@H](/C=C/c2ccccc2)C(=O)OC[C@@H]1c1ccccc1. The molecule has 1 aliphatic rings. The lowest BCUT2D eigenvalue weighted by Crippen LogP contribution is -2.49. The Kier molecular flexibility index (Phi) is 5.10. The first-order valence-electron chi connectivity index (χ1n) is 7.93. The molecule has 1 saturated heterocycles. The summed E-state index contributed by atoms with van der Waals surface area (Å²) in [6.07, 6.45) is 9.35. The van der Waals surface area contributed by atoms with E-state index in [1.807, 2.05) is 77.7 Å². The number of morpholine rings is 1. The van der Waals surface area contributed by atoms with Crippen LogP contribution >= 0.6 is 0 Å². The Morgan fingerprint density at radius 2 is 1.79 bits per heavy atom. The summed E-state index contributed by atoms with van der Waals surface area (Å²) in [6.45, 7) is 0.707. The normalized spacial score (nSPS) is 21.4. The van der Waals surface area contributed by atoms with Gasteiger partial charge in [-0.05, 0) is 11.1 Å². The van der Waals surface area contributed by atoms with Crippen LogP contribution in [0.1, 0.15) is 17.2 Å². The summed E-state index contributed by atoms with van der Waals surface area (Å²) in [7, 11) is 0. The van der Waals surface area contributed by atoms with Crippen LogP contribution < -0.4 is 0 Å². The van der Waals surface area contributed by atoms with Gasteiger partial charge in [0.15, 0.2) is 0 Å². The number of ether oxygens (including phenoxy) is 1. The van der Waals surface area contributed by atoms with E-state index in [1.165, 1.54) is 0 Å². The van der Waals surface area contributed by atoms with Gasteiger partial charge in [0.1, 0.15) is 12.6 Å². The van der Waals surface area contributed by atoms with Crippen LogP contribution in [0, 0.1) is 12.3 Å². The average molecular weight is 317 g/mol. The zero-order valence-electron chi connectivity index (χ0n) is 13.3. The molecular formula is C21H19NO2. The van der Waals surface area contributed by atoms with Crippen LogP contribution in [0.5, 0.6) is 0 Å². The third kappa shape index (κ3) is 3.56. The number of carbonyl (C=O) groups excluding carboxylic acids is 1. The van der Waals surface area contributed by atoms with E-state index >= 15 is 0 Å². The maximum atomic E-state index is 12.3. The number of esters is 1. The van der Waals surface area contributed by atoms with Gasteiger partial charge >= 0.3 is 5.97 Å². The molecule has 0 saturated carbocycles. The summed E-state index contributed by atoms with van der Waals surface area (Å²) < 4.78 is 5.42. The van der Waals surface area contributed by atoms with Crippen molar-refractivity contribution < 1.29 is 9.53 Å². The summed E-state index contributed by atoms with van der Waals surface area (Å²) in [5.41, 5.74) is 2.13. The van der Waals surface area contributed by atoms with Crippen molar-refractivity contribution >= 4 is 12.0 Å². The van der Waals surface area contributed by atoms with Crippen LogP contribution in [0.3, 0.4) is 0 Å². The number of terminal acetylenes is 1. The Hall–Kier alpha value is -2.83. The van der Waals surface area contributed by atoms with Gasteiger partial charge in [0.2, 0.25) is 0 Å². The standard InChI is InChI=1S/C21H19NO2/c1-2-15-22-19(14-13-17-9-5-3-6-10-17)21(23)24-16-20(22)18-11-7-4-8-12-18/h1,3-14,19-20H,15-16H2/b14-13+/t19-,20-/m1/s1. The van der Waals surface area contributed by atoms with Gasteiger partial charge in [-0.2, -0.15) is 0 Å². The van der Waals surface area contributed by atoms with Crippen LogP contribution in [-0.2, 0) is 9.53 Å². The molecule has 24 heavy (non-hydrogen) atoms. The zero-order chi connectivity index (χ0) is 16.8. The van der Waals surface area contributed by atoms with E-state index in [9.17, 15) is 4.79 Å². The quantitative estimate of drug-likeness (QED) is 0.640. The van der Waals surface area contributed by atoms with E-state index in [2.05, 4.69) is 5.92 Å². The smallest absolute Gasteiger partial charge is 0.327 e. The highest BCUT2D eigenvalue weighted by atomic mass is 16.5. The summed E-state index contributed by atoms with van der Waals surface area (Å²) in [5.74, 6) is 2.41. The fraction of sp³-hybridized carbons (Fsp3) is 0.190. The van der Waals surface area contributed by atoms with E-state index in [1.54, 1.807) is 0 Å². The molecule has 0 amide bonds. The maximum absolute atomic E-state index is 12.3. The minimum Gasteiger partial charge on any atom is -0.462 e. The Balaban J connectivity index is 1.88. The van der Waals surface area contributed by atoms with Crippen molar-refractivity contribution in [1.82, 2.24) is 4.90 Å². The second-order valence-corrected chi connectivity index (χ2v) is 5.65. The fourth-order valence-electron chi connectivity index (χ4n) is 2.90. The molecule has 2 aromatic carbocycles. The Bertz CT molecular complexity index is 746. The van der Waals surface area contributed by atoms with Gasteiger partial charge in [-0.3, -0.25) is 4.90 Å². The van der Waals surface area contributed by atoms with Crippen molar-refractivity contribution in [2.75, 3.05) is 13.2 Å². The van der Waals surface area contributed by atoms with Gasteiger partial charge in [0.05, 0.1) is 12.6 Å². The molecule has 0 unspecified atom stereocenters. The van der Waals surface area contributed by atoms with Gasteiger partial charge in [0, 0.05) is 0 Å². The van der Waals surface area contributed by atoms with Crippen molar-refractivity contribution in [2.45, 2.75) is 12.1 Å². The largest absolute Gasteiger partial charge is 0.462 e. The average Bonchev–Trinajstić information content (AvgIpc) is 2.63. The van der Waals surface area contributed by atoms with Crippen molar-refractivity contribution in [1.29, 1.82) is 0 Å². The third-order valence-electron chi connectivity index (χ3n) is 4.11. The molecule has 0 spiro atoms. The first-order valence-corrected chi connectivity index (χ1v) is 7.93. The van der Waals surface area contributed by atoms with Crippen LogP contribution in [-0.4, -0.2) is 30.1 Å². The minimum absolute atomic E-state index is 0.0367. The van der Waals surface area contributed by atoms with E-state index in [0.717, 1.165) is 11.1 Å². The van der Waals surface area contributed by atoms with Crippen molar-refractivity contribution in [3.05, 3.63) is 77.9 Å². The fourth-order valence-corrected chi connectivity index (χ4v) is 2.90. The molecule has 0 aromatic heterocycles. The van der Waals surface area contributed by atoms with Crippen molar-refractivity contribution in [3.63, 3.8) is 0 Å². The number of rotatable bonds is 4. The first kappa shape index (κ1) is 16.0. The van der Waals surface area contributed by atoms with Crippen LogP contribution in [0.2, 0.25) is 0 Å². The third-order valence-corrected chi connectivity index (χ3v) is 4.11. The molecule has 1 fully saturated rings. The summed E-state index contributed by atoms with van der Waals surface area (Å²) in [4.78, 5) is 14.3. The highest BCUT2D eigenvalue weighted by Crippen LogP contribution is 2.28. The van der Waals surface area contributed by atoms with E-state index < -0.39 is 6.04 Å². The predicted molar refractivity (Wildman–Crippen MR) is 94.9 cm³/mol. The number of carbonyl (C=O) groups is 1. The molecule has 0 bridgehead atoms. The maximum Gasteiger partial charge on any atom is 0.327 e. The summed E-state index contributed by atoms with van der Waals surface area (Å²) in [6, 6.07) is 19.3. The second-order valence-electron chi connectivity index (χ2n) is 5.65. The van der Waals surface area contributed by atoms with Crippen LogP contribution in [0.25, 0.3) is 6.08 Å². The van der Waals surface area contributed by atoms with Gasteiger partial charge in [-0.25, -0.2) is 4.79 Å². The van der Waals surface area contributed by atoms with Gasteiger partial charge in [-0.1, -0.05) is 78.7 Å². The van der Waals surface area contributed by atoms with E-state index in [4.69, 9.17) is 11.2 Å². The lowest BCUT2D eigenvalue weighted by Gasteiger charge is -2.38. The molecule has 1 heterocycles. The molecule has 0 aliphatic carbocycles. The van der Waals surface area contributed by atoms with Crippen LogP contribution in [0.15, 0.2) is 66.7 Å². The highest BCUT2D eigenvalue weighted by molar-refractivity contribution is 5.80. The van der Waals surface area contributed by atoms with Gasteiger partial charge in [0.25, 0.3) is 0 Å². The Morgan fingerprint density at radius 3 is 2.46 bits per heavy atom. The molecule has 0 N–H and O–H groups in total. The van der Waals surface area contributed by atoms with E-state index in [0.29, 0.717) is 13.2 Å². The summed E-state index contributed by atoms with van der Waals surface area (Å²) in [5, 5.41) is 0. The number of nitrogens with zero attached hydrogens (tertiary/aromatic N) is 1. The Labute approximate surface area is 142 Å². The molecule has 0 radical (unpaired) electrons. The van der Waals surface area contributed by atoms with Crippen molar-refractivity contribution in [3.8, 4) is 12.3 Å². The molecule has 3 rings (SSSR count). The number of hydrogen-bond acceptors (Lipinski definition) is 3. The molecular weight excluding hydrogens is 298 g/mol. The molecule has 1 aliphatic heterocycles. The Morgan fingerprint density at radius 1 is 1.12 bits per heavy atom.